The summed E-state index contributed by atoms with van der Waals surface area (Å²) >= 11 is 0. The molecule has 0 radical (unpaired) electrons. The lowest BCUT2D eigenvalue weighted by Crippen LogP contribution is -2.22. The Kier molecular flexibility index (Phi) is 7.25. The van der Waals surface area contributed by atoms with Crippen molar-refractivity contribution in [3.8, 4) is 17.2 Å². The molecule has 0 aromatic heterocycles. The lowest BCUT2D eigenvalue weighted by atomic mass is 10.1. The molecule has 0 bridgehead atoms. The molecule has 0 unspecified atom stereocenters. The van der Waals surface area contributed by atoms with Crippen LogP contribution in [-0.2, 0) is 6.54 Å². The van der Waals surface area contributed by atoms with Gasteiger partial charge in [-0.2, -0.15) is 0 Å². The van der Waals surface area contributed by atoms with Gasteiger partial charge in [0.1, 0.15) is 23.9 Å². The Balaban J connectivity index is 1.56. The maximum Gasteiger partial charge on any atom is 0.251 e. The monoisotopic (exact) mass is 390 g/mol. The first-order valence-electron chi connectivity index (χ1n) is 9.58. The van der Waals surface area contributed by atoms with Crippen molar-refractivity contribution in [3.63, 3.8) is 0 Å². The zero-order valence-electron chi connectivity index (χ0n) is 16.8. The summed E-state index contributed by atoms with van der Waals surface area (Å²) in [5.41, 5.74) is 1.54. The van der Waals surface area contributed by atoms with E-state index < -0.39 is 0 Å². The molecule has 0 heterocycles. The Labute approximate surface area is 171 Å². The maximum absolute atomic E-state index is 12.6. The zero-order chi connectivity index (χ0) is 20.5. The van der Waals surface area contributed by atoms with Crippen molar-refractivity contribution in [1.29, 1.82) is 0 Å². The van der Waals surface area contributed by atoms with Crippen molar-refractivity contribution in [2.75, 3.05) is 27.2 Å². The number of carbonyl (C=O) groups is 1. The Hall–Kier alpha value is -3.31. The highest BCUT2D eigenvalue weighted by Gasteiger charge is 2.08. The minimum Gasteiger partial charge on any atom is -0.492 e. The van der Waals surface area contributed by atoms with Crippen molar-refractivity contribution in [1.82, 2.24) is 10.2 Å². The molecular weight excluding hydrogens is 364 g/mol. The van der Waals surface area contributed by atoms with Crippen LogP contribution in [0.25, 0.3) is 0 Å². The molecule has 3 aromatic rings. The fourth-order valence-corrected chi connectivity index (χ4v) is 2.70. The van der Waals surface area contributed by atoms with E-state index in [1.165, 1.54) is 0 Å². The van der Waals surface area contributed by atoms with Crippen LogP contribution in [0.1, 0.15) is 15.9 Å². The van der Waals surface area contributed by atoms with Gasteiger partial charge in [0, 0.05) is 18.7 Å². The summed E-state index contributed by atoms with van der Waals surface area (Å²) in [6, 6.07) is 24.4. The number of likely N-dealkylation sites (N-methyl/N-ethyl adjacent to an activating group) is 1. The van der Waals surface area contributed by atoms with E-state index >= 15 is 0 Å². The van der Waals surface area contributed by atoms with E-state index in [9.17, 15) is 4.79 Å². The number of nitrogens with zero attached hydrogens (tertiary/aromatic N) is 1. The third kappa shape index (κ3) is 6.66. The standard InChI is InChI=1S/C24H26N2O3/c1-26(2)14-15-28-22-12-6-8-19(16-22)18-25-24(27)20-9-7-13-23(17-20)29-21-10-4-3-5-11-21/h3-13,16-17H,14-15,18H2,1-2H3,(H,25,27). The summed E-state index contributed by atoms with van der Waals surface area (Å²) in [6.45, 7) is 1.90. The molecule has 5 nitrogen and oxygen atoms in total. The van der Waals surface area contributed by atoms with Crippen LogP contribution in [-0.4, -0.2) is 38.1 Å². The lowest BCUT2D eigenvalue weighted by molar-refractivity contribution is 0.0950. The predicted octanol–water partition coefficient (Wildman–Crippen LogP) is 4.35. The number of amides is 1. The third-order valence-electron chi connectivity index (χ3n) is 4.23. The second-order valence-corrected chi connectivity index (χ2v) is 6.92. The number of carbonyl (C=O) groups excluding carboxylic acids is 1. The Morgan fingerprint density at radius 3 is 2.38 bits per heavy atom. The lowest BCUT2D eigenvalue weighted by Gasteiger charge is -2.12. The van der Waals surface area contributed by atoms with Crippen LogP contribution in [0.15, 0.2) is 78.9 Å². The van der Waals surface area contributed by atoms with Gasteiger partial charge in [0.2, 0.25) is 0 Å². The first-order valence-corrected chi connectivity index (χ1v) is 9.58. The largest absolute Gasteiger partial charge is 0.492 e. The van der Waals surface area contributed by atoms with Crippen LogP contribution in [0, 0.1) is 0 Å². The van der Waals surface area contributed by atoms with Crippen molar-refractivity contribution in [2.45, 2.75) is 6.54 Å². The Morgan fingerprint density at radius 1 is 0.862 bits per heavy atom. The van der Waals surface area contributed by atoms with Gasteiger partial charge in [-0.1, -0.05) is 36.4 Å². The molecular formula is C24H26N2O3. The van der Waals surface area contributed by atoms with E-state index in [0.29, 0.717) is 24.5 Å². The number of nitrogens with one attached hydrogen (secondary N) is 1. The molecule has 0 saturated heterocycles. The maximum atomic E-state index is 12.6. The van der Waals surface area contributed by atoms with Crippen molar-refractivity contribution >= 4 is 5.91 Å². The fourth-order valence-electron chi connectivity index (χ4n) is 2.70. The SMILES string of the molecule is CN(C)CCOc1cccc(CNC(=O)c2cccc(Oc3ccccc3)c2)c1. The molecule has 0 spiro atoms. The molecule has 0 aliphatic carbocycles. The molecule has 3 rings (SSSR count). The van der Waals surface area contributed by atoms with Gasteiger partial charge in [0.05, 0.1) is 0 Å². The second kappa shape index (κ2) is 10.3. The van der Waals surface area contributed by atoms with Crippen LogP contribution in [0.5, 0.6) is 17.2 Å². The van der Waals surface area contributed by atoms with Crippen LogP contribution in [0.3, 0.4) is 0 Å². The highest BCUT2D eigenvalue weighted by molar-refractivity contribution is 5.94. The molecule has 0 saturated carbocycles. The van der Waals surface area contributed by atoms with Crippen molar-refractivity contribution in [2.24, 2.45) is 0 Å². The van der Waals surface area contributed by atoms with Crippen LogP contribution < -0.4 is 14.8 Å². The summed E-state index contributed by atoms with van der Waals surface area (Å²) in [5, 5.41) is 2.95. The van der Waals surface area contributed by atoms with E-state index in [1.807, 2.05) is 80.8 Å². The summed E-state index contributed by atoms with van der Waals surface area (Å²) in [7, 11) is 4.02. The summed E-state index contributed by atoms with van der Waals surface area (Å²) in [4.78, 5) is 14.6. The zero-order valence-corrected chi connectivity index (χ0v) is 16.8. The van der Waals surface area contributed by atoms with Gasteiger partial charge >= 0.3 is 0 Å². The fraction of sp³-hybridized carbons (Fsp3) is 0.208. The minimum atomic E-state index is -0.151. The average molecular weight is 390 g/mol. The minimum absolute atomic E-state index is 0.151. The topological polar surface area (TPSA) is 50.8 Å². The van der Waals surface area contributed by atoms with E-state index in [1.54, 1.807) is 12.1 Å². The third-order valence-corrected chi connectivity index (χ3v) is 4.23. The summed E-state index contributed by atoms with van der Waals surface area (Å²) in [6.07, 6.45) is 0. The average Bonchev–Trinajstić information content (AvgIpc) is 2.73. The molecule has 5 heteroatoms. The molecule has 3 aromatic carbocycles. The van der Waals surface area contributed by atoms with Gasteiger partial charge in [-0.05, 0) is 62.1 Å². The summed E-state index contributed by atoms with van der Waals surface area (Å²) < 4.78 is 11.6. The van der Waals surface area contributed by atoms with E-state index in [4.69, 9.17) is 9.47 Å². The van der Waals surface area contributed by atoms with Gasteiger partial charge in [-0.3, -0.25) is 4.79 Å². The Bertz CT molecular complexity index is 926. The van der Waals surface area contributed by atoms with Crippen LogP contribution in [0.2, 0.25) is 0 Å². The number of benzene rings is 3. The summed E-state index contributed by atoms with van der Waals surface area (Å²) in [5.74, 6) is 2.01. The normalized spacial score (nSPS) is 10.6. The van der Waals surface area contributed by atoms with Gasteiger partial charge in [-0.25, -0.2) is 0 Å². The molecule has 0 atom stereocenters. The number of ether oxygens (including phenoxy) is 2. The second-order valence-electron chi connectivity index (χ2n) is 6.92. The molecule has 150 valence electrons. The molecule has 29 heavy (non-hydrogen) atoms. The number of hydrogen-bond acceptors (Lipinski definition) is 4. The number of rotatable bonds is 9. The number of hydrogen-bond donors (Lipinski definition) is 1. The van der Waals surface area contributed by atoms with Crippen molar-refractivity contribution in [3.05, 3.63) is 90.0 Å². The van der Waals surface area contributed by atoms with Gasteiger partial charge in [-0.15, -0.1) is 0 Å². The first-order chi connectivity index (χ1) is 14.1. The molecule has 0 aliphatic heterocycles. The molecule has 0 aliphatic rings. The van der Waals surface area contributed by atoms with Gasteiger partial charge in [0.25, 0.3) is 5.91 Å². The highest BCUT2D eigenvalue weighted by Crippen LogP contribution is 2.22. The molecule has 1 amide bonds. The molecule has 0 fully saturated rings. The number of para-hydroxylation sites is 1. The van der Waals surface area contributed by atoms with E-state index in [2.05, 4.69) is 10.2 Å². The van der Waals surface area contributed by atoms with E-state index in [-0.39, 0.29) is 5.91 Å². The van der Waals surface area contributed by atoms with Gasteiger partial charge in [0.15, 0.2) is 0 Å². The van der Waals surface area contributed by atoms with Crippen LogP contribution >= 0.6 is 0 Å². The first kappa shape index (κ1) is 20.4. The molecule has 1 N–H and O–H groups in total. The van der Waals surface area contributed by atoms with E-state index in [0.717, 1.165) is 23.6 Å². The predicted molar refractivity (Wildman–Crippen MR) is 115 cm³/mol. The smallest absolute Gasteiger partial charge is 0.251 e. The van der Waals surface area contributed by atoms with Crippen LogP contribution in [0.4, 0.5) is 0 Å². The van der Waals surface area contributed by atoms with Gasteiger partial charge < -0.3 is 19.7 Å². The van der Waals surface area contributed by atoms with Crippen molar-refractivity contribution < 1.29 is 14.3 Å². The highest BCUT2D eigenvalue weighted by atomic mass is 16.5. The Morgan fingerprint density at radius 2 is 1.59 bits per heavy atom. The quantitative estimate of drug-likeness (QED) is 0.590.